The topological polar surface area (TPSA) is 126 Å². The normalized spacial score (nSPS) is 20.1. The first-order chi connectivity index (χ1) is 27.8. The molecular weight excluding hydrogens is 815 g/mol. The van der Waals surface area contributed by atoms with Crippen molar-refractivity contribution in [1.82, 2.24) is 9.21 Å². The Balaban J connectivity index is 1.16. The minimum absolute atomic E-state index is 0.00275. The van der Waals surface area contributed by atoms with E-state index in [1.54, 1.807) is 42.5 Å². The largest absolute Gasteiger partial charge is 0.489 e. The van der Waals surface area contributed by atoms with E-state index < -0.39 is 40.7 Å². The van der Waals surface area contributed by atoms with Crippen molar-refractivity contribution in [2.24, 2.45) is 11.8 Å². The van der Waals surface area contributed by atoms with Gasteiger partial charge in [0, 0.05) is 25.1 Å². The zero-order chi connectivity index (χ0) is 41.0. The molecule has 11 nitrogen and oxygen atoms in total. The maximum atomic E-state index is 14.1. The number of carbonyl (C=O) groups excluding carboxylic acids is 2. The molecule has 58 heavy (non-hydrogen) atoms. The monoisotopic (exact) mass is 858 g/mol. The number of alkyl halides is 2. The number of aromatic amines is 1. The number of nitrogens with one attached hydrogen (secondary N) is 1. The van der Waals surface area contributed by atoms with Crippen molar-refractivity contribution in [2.45, 2.75) is 63.5 Å². The van der Waals surface area contributed by atoms with Gasteiger partial charge in [-0.05, 0) is 91.6 Å². The Hall–Kier alpha value is -4.34. The average molecular weight is 860 g/mol. The number of sulfonamides is 1. The third-order valence-electron chi connectivity index (χ3n) is 10.8. The van der Waals surface area contributed by atoms with Gasteiger partial charge in [0.2, 0.25) is 10.0 Å². The second kappa shape index (κ2) is 18.3. The molecule has 3 atom stereocenters. The third-order valence-corrected chi connectivity index (χ3v) is 12.6. The number of piperidine rings is 3. The third kappa shape index (κ3) is 10.4. The van der Waals surface area contributed by atoms with Crippen molar-refractivity contribution in [3.63, 3.8) is 0 Å². The van der Waals surface area contributed by atoms with E-state index in [4.69, 9.17) is 42.1 Å². The van der Waals surface area contributed by atoms with Crippen LogP contribution >= 0.6 is 23.2 Å². The molecule has 2 bridgehead atoms. The summed E-state index contributed by atoms with van der Waals surface area (Å²) in [6.45, 7) is -0.561. The number of hydrogen-bond acceptors (Lipinski definition) is 9. The highest BCUT2D eigenvalue weighted by Gasteiger charge is 2.41. The van der Waals surface area contributed by atoms with Gasteiger partial charge in [0.25, 0.3) is 0 Å². The molecule has 4 heterocycles. The van der Waals surface area contributed by atoms with Crippen LogP contribution in [0, 0.1) is 11.8 Å². The summed E-state index contributed by atoms with van der Waals surface area (Å²) >= 11 is 13.0. The molecule has 3 aromatic carbocycles. The van der Waals surface area contributed by atoms with Crippen molar-refractivity contribution < 1.29 is 50.7 Å². The van der Waals surface area contributed by atoms with Gasteiger partial charge in [0.15, 0.2) is 23.9 Å². The number of pyridine rings is 1. The second-order valence-corrected chi connectivity index (χ2v) is 17.8. The number of carbonyl (C=O) groups is 2. The number of aromatic nitrogens is 1. The maximum Gasteiger partial charge on any atom is 0.387 e. The van der Waals surface area contributed by atoms with Gasteiger partial charge in [-0.3, -0.25) is 4.90 Å². The van der Waals surface area contributed by atoms with Crippen LogP contribution in [0.1, 0.15) is 70.4 Å². The van der Waals surface area contributed by atoms with E-state index in [1.165, 1.54) is 42.7 Å². The summed E-state index contributed by atoms with van der Waals surface area (Å²) < 4.78 is 77.7. The quantitative estimate of drug-likeness (QED) is 0.0995. The molecule has 1 unspecified atom stereocenters. The molecule has 0 radical (unpaired) electrons. The molecule has 1 aliphatic carbocycles. The van der Waals surface area contributed by atoms with Crippen LogP contribution in [0.25, 0.3) is 0 Å². The van der Waals surface area contributed by atoms with Crippen molar-refractivity contribution in [2.75, 3.05) is 32.5 Å². The number of H-pyrrole nitrogens is 1. The lowest BCUT2D eigenvalue weighted by Crippen LogP contribution is -2.52. The van der Waals surface area contributed by atoms with E-state index >= 15 is 0 Å². The Morgan fingerprint density at radius 2 is 1.64 bits per heavy atom. The van der Waals surface area contributed by atoms with Crippen LogP contribution in [-0.4, -0.2) is 74.8 Å². The summed E-state index contributed by atoms with van der Waals surface area (Å²) in [5.41, 5.74) is 1.79. The summed E-state index contributed by atoms with van der Waals surface area (Å²) in [5.74, 6) is -1.04. The highest BCUT2D eigenvalue weighted by Crippen LogP contribution is 2.39. The number of ether oxygens (including phenoxy) is 4. The van der Waals surface area contributed by atoms with Crippen molar-refractivity contribution in [3.8, 4) is 11.5 Å². The van der Waals surface area contributed by atoms with Crippen LogP contribution < -0.4 is 14.5 Å². The second-order valence-electron chi connectivity index (χ2n) is 15.0. The van der Waals surface area contributed by atoms with Crippen LogP contribution in [-0.2, 0) is 37.3 Å². The standard InChI is InChI=1S/C42H43Cl2F2N3O8S/c1-58(52,53)49(39(29-7-3-2-4-8-29)41(51)56-38-24-48-16-14-28(38)15-17-48)23-27-6-5-9-31(18-27)40(50)55-36(20-32-33(43)21-47-22-34(32)44)30-12-13-35(57-42(45)46)37(19-30)54-25-26-10-11-26/h2-9,12-13,18-19,21-22,26,28,36,38-39,42H,10-11,14-17,20,23-25H2,1H3/p+1/t36-,38-,39?/m0/s1. The summed E-state index contributed by atoms with van der Waals surface area (Å²) in [6, 6.07) is 17.9. The summed E-state index contributed by atoms with van der Waals surface area (Å²) in [4.78, 5) is 33.2. The number of hydrogen-bond donors (Lipinski definition) is 0. The van der Waals surface area contributed by atoms with Crippen LogP contribution in [0.3, 0.4) is 0 Å². The Bertz CT molecular complexity index is 2190. The summed E-state index contributed by atoms with van der Waals surface area (Å²) in [7, 11) is -4.05. The lowest BCUT2D eigenvalue weighted by atomic mass is 9.86. The fraction of sp³-hybridized carbons (Fsp3) is 0.405. The number of halogens is 4. The lowest BCUT2D eigenvalue weighted by Gasteiger charge is -2.44. The van der Waals surface area contributed by atoms with Crippen molar-refractivity contribution >= 4 is 45.2 Å². The molecule has 308 valence electrons. The molecule has 1 saturated carbocycles. The highest BCUT2D eigenvalue weighted by atomic mass is 35.5. The van der Waals surface area contributed by atoms with Crippen molar-refractivity contribution in [1.29, 1.82) is 0 Å². The molecule has 4 aliphatic rings. The average Bonchev–Trinajstić information content (AvgIpc) is 4.03. The Morgan fingerprint density at radius 3 is 2.28 bits per heavy atom. The van der Waals surface area contributed by atoms with E-state index in [2.05, 4.69) is 9.88 Å². The minimum atomic E-state index is -4.05. The summed E-state index contributed by atoms with van der Waals surface area (Å²) in [6.07, 6.45) is 6.43. The molecule has 0 spiro atoms. The summed E-state index contributed by atoms with van der Waals surface area (Å²) in [5, 5.41) is 0.554. The van der Waals surface area contributed by atoms with Crippen LogP contribution in [0.4, 0.5) is 8.78 Å². The number of nitrogens with zero attached hydrogens (tertiary/aromatic N) is 2. The Kier molecular flexibility index (Phi) is 13.2. The zero-order valence-corrected chi connectivity index (χ0v) is 34.0. The predicted molar refractivity (Wildman–Crippen MR) is 211 cm³/mol. The predicted octanol–water partition coefficient (Wildman–Crippen LogP) is 7.48. The van der Waals surface area contributed by atoms with E-state index in [0.717, 1.165) is 49.3 Å². The molecule has 16 heteroatoms. The number of fused-ring (bicyclic) bond motifs is 3. The number of rotatable bonds is 17. The molecule has 4 aromatic rings. The smallest absolute Gasteiger partial charge is 0.387 e. The van der Waals surface area contributed by atoms with Crippen LogP contribution in [0.5, 0.6) is 11.5 Å². The SMILES string of the molecule is CS(=O)(=O)N(Cc1cccc(C(=O)O[C@@H](Cc2c(Cl)c[nH+]cc2Cl)c2ccc(OC(F)F)c(OCC3CC3)c2)c1)C(C(=O)O[C@H]1CN2CCC1CC2)c1ccccc1. The number of esters is 2. The fourth-order valence-electron chi connectivity index (χ4n) is 7.49. The minimum Gasteiger partial charge on any atom is -0.489 e. The van der Waals surface area contributed by atoms with Gasteiger partial charge in [-0.1, -0.05) is 71.7 Å². The maximum absolute atomic E-state index is 14.1. The Morgan fingerprint density at radius 1 is 0.914 bits per heavy atom. The molecular formula is C42H44Cl2F2N3O8S+. The van der Waals surface area contributed by atoms with Crippen molar-refractivity contribution in [3.05, 3.63) is 123 Å². The van der Waals surface area contributed by atoms with E-state index in [9.17, 15) is 26.8 Å². The molecule has 1 N–H and O–H groups in total. The van der Waals surface area contributed by atoms with E-state index in [1.807, 2.05) is 0 Å². The molecule has 8 rings (SSSR count). The van der Waals surface area contributed by atoms with Gasteiger partial charge in [-0.2, -0.15) is 13.1 Å². The van der Waals surface area contributed by atoms with Gasteiger partial charge in [0.05, 0.1) is 18.4 Å². The van der Waals surface area contributed by atoms with Gasteiger partial charge < -0.3 is 18.9 Å². The van der Waals surface area contributed by atoms with Crippen LogP contribution in [0.15, 0.2) is 85.2 Å². The van der Waals surface area contributed by atoms with Gasteiger partial charge in [-0.25, -0.2) is 23.0 Å². The van der Waals surface area contributed by atoms with Gasteiger partial charge >= 0.3 is 18.6 Å². The lowest BCUT2D eigenvalue weighted by molar-refractivity contribution is -0.377. The molecule has 3 saturated heterocycles. The van der Waals surface area contributed by atoms with E-state index in [-0.39, 0.29) is 52.1 Å². The fourth-order valence-corrected chi connectivity index (χ4v) is 9.00. The first kappa shape index (κ1) is 41.8. The molecule has 0 amide bonds. The van der Waals surface area contributed by atoms with E-state index in [0.29, 0.717) is 41.3 Å². The first-order valence-electron chi connectivity index (χ1n) is 19.1. The molecule has 3 aliphatic heterocycles. The highest BCUT2D eigenvalue weighted by molar-refractivity contribution is 7.88. The van der Waals surface area contributed by atoms with Gasteiger partial charge in [-0.15, -0.1) is 0 Å². The first-order valence-corrected chi connectivity index (χ1v) is 21.7. The van der Waals surface area contributed by atoms with Crippen LogP contribution in [0.2, 0.25) is 10.0 Å². The zero-order valence-electron chi connectivity index (χ0n) is 31.7. The van der Waals surface area contributed by atoms with Gasteiger partial charge in [0.1, 0.15) is 28.3 Å². The molecule has 1 aromatic heterocycles. The molecule has 4 fully saturated rings. The Labute approximate surface area is 346 Å². The number of benzene rings is 3.